The van der Waals surface area contributed by atoms with Crippen LogP contribution in [0.1, 0.15) is 25.0 Å². The molecule has 3 nitrogen and oxygen atoms in total. The van der Waals surface area contributed by atoms with Crippen molar-refractivity contribution in [2.45, 2.75) is 33.4 Å². The second-order valence-corrected chi connectivity index (χ2v) is 6.01. The summed E-state index contributed by atoms with van der Waals surface area (Å²) in [6, 6.07) is 7.72. The second-order valence-electron chi connectivity index (χ2n) is 5.16. The van der Waals surface area contributed by atoms with E-state index < -0.39 is 0 Å². The molecule has 2 aromatic rings. The van der Waals surface area contributed by atoms with Crippen LogP contribution in [0.4, 0.5) is 0 Å². The Morgan fingerprint density at radius 2 is 2.00 bits per heavy atom. The van der Waals surface area contributed by atoms with E-state index in [4.69, 9.17) is 27.9 Å². The molecule has 0 unspecified atom stereocenters. The van der Waals surface area contributed by atoms with Gasteiger partial charge in [-0.15, -0.1) is 0 Å². The van der Waals surface area contributed by atoms with Crippen LogP contribution in [0.2, 0.25) is 10.0 Å². The van der Waals surface area contributed by atoms with E-state index in [-0.39, 0.29) is 0 Å². The average Bonchev–Trinajstić information content (AvgIpc) is 2.42. The Labute approximate surface area is 135 Å². The number of hydrogen-bond acceptors (Lipinski definition) is 3. The van der Waals surface area contributed by atoms with Crippen LogP contribution in [0.3, 0.4) is 0 Å². The summed E-state index contributed by atoms with van der Waals surface area (Å²) in [6.45, 7) is 6.79. The molecule has 0 spiro atoms. The summed E-state index contributed by atoms with van der Waals surface area (Å²) in [5, 5.41) is 4.64. The SMILES string of the molecule is Cc1cc(Cl)ccc1Oc1cc(CNC(C)C)c(Cl)cn1. The highest BCUT2D eigenvalue weighted by atomic mass is 35.5. The largest absolute Gasteiger partial charge is 0.439 e. The Kier molecular flexibility index (Phi) is 5.45. The molecule has 0 fully saturated rings. The summed E-state index contributed by atoms with van der Waals surface area (Å²) in [5.74, 6) is 1.25. The van der Waals surface area contributed by atoms with E-state index in [1.54, 1.807) is 12.3 Å². The molecule has 21 heavy (non-hydrogen) atoms. The van der Waals surface area contributed by atoms with Gasteiger partial charge in [-0.25, -0.2) is 4.98 Å². The number of nitrogens with one attached hydrogen (secondary N) is 1. The molecule has 0 atom stereocenters. The Morgan fingerprint density at radius 1 is 1.24 bits per heavy atom. The molecule has 0 aliphatic rings. The van der Waals surface area contributed by atoms with Crippen molar-refractivity contribution in [2.75, 3.05) is 0 Å². The number of aromatic nitrogens is 1. The lowest BCUT2D eigenvalue weighted by atomic mass is 10.2. The third-order valence-electron chi connectivity index (χ3n) is 2.96. The van der Waals surface area contributed by atoms with Gasteiger partial charge in [0.1, 0.15) is 5.75 Å². The number of pyridine rings is 1. The molecule has 1 N–H and O–H groups in total. The number of ether oxygens (including phenoxy) is 1. The highest BCUT2D eigenvalue weighted by Gasteiger charge is 2.08. The number of rotatable bonds is 5. The first-order valence-corrected chi connectivity index (χ1v) is 7.53. The quantitative estimate of drug-likeness (QED) is 0.841. The molecular weight excluding hydrogens is 307 g/mol. The molecule has 0 aliphatic carbocycles. The van der Waals surface area contributed by atoms with E-state index in [0.29, 0.717) is 28.5 Å². The molecule has 1 aromatic carbocycles. The predicted molar refractivity (Wildman–Crippen MR) is 87.5 cm³/mol. The van der Waals surface area contributed by atoms with Crippen molar-refractivity contribution in [3.05, 3.63) is 51.6 Å². The zero-order valence-corrected chi connectivity index (χ0v) is 13.8. The lowest BCUT2D eigenvalue weighted by Crippen LogP contribution is -2.22. The molecule has 112 valence electrons. The summed E-state index contributed by atoms with van der Waals surface area (Å²) < 4.78 is 5.81. The maximum absolute atomic E-state index is 6.16. The zero-order chi connectivity index (χ0) is 15.4. The highest BCUT2D eigenvalue weighted by Crippen LogP contribution is 2.28. The Morgan fingerprint density at radius 3 is 2.67 bits per heavy atom. The molecule has 0 radical (unpaired) electrons. The third-order valence-corrected chi connectivity index (χ3v) is 3.54. The topological polar surface area (TPSA) is 34.1 Å². The van der Waals surface area contributed by atoms with Gasteiger partial charge in [0, 0.05) is 29.9 Å². The lowest BCUT2D eigenvalue weighted by molar-refractivity contribution is 0.458. The van der Waals surface area contributed by atoms with Gasteiger partial charge in [-0.05, 0) is 36.2 Å². The molecule has 0 bridgehead atoms. The molecule has 0 saturated heterocycles. The summed E-state index contributed by atoms with van der Waals surface area (Å²) in [4.78, 5) is 4.21. The van der Waals surface area contributed by atoms with Crippen LogP contribution in [0.25, 0.3) is 0 Å². The standard InChI is InChI=1S/C16H18Cl2N2O/c1-10(2)19-8-12-7-16(20-9-14(12)18)21-15-5-4-13(17)6-11(15)3/h4-7,9-10,19H,8H2,1-3H3. The maximum atomic E-state index is 6.16. The first-order valence-electron chi connectivity index (χ1n) is 6.77. The van der Waals surface area contributed by atoms with Crippen molar-refractivity contribution in [1.29, 1.82) is 0 Å². The normalized spacial score (nSPS) is 11.0. The highest BCUT2D eigenvalue weighted by molar-refractivity contribution is 6.31. The monoisotopic (exact) mass is 324 g/mol. The Bertz CT molecular complexity index is 630. The van der Waals surface area contributed by atoms with Crippen LogP contribution in [0.15, 0.2) is 30.5 Å². The van der Waals surface area contributed by atoms with E-state index in [0.717, 1.165) is 16.9 Å². The zero-order valence-electron chi connectivity index (χ0n) is 12.3. The average molecular weight is 325 g/mol. The van der Waals surface area contributed by atoms with Gasteiger partial charge < -0.3 is 10.1 Å². The maximum Gasteiger partial charge on any atom is 0.219 e. The van der Waals surface area contributed by atoms with Gasteiger partial charge in [0.25, 0.3) is 0 Å². The first kappa shape index (κ1) is 16.1. The molecule has 0 aliphatic heterocycles. The van der Waals surface area contributed by atoms with E-state index in [9.17, 15) is 0 Å². The van der Waals surface area contributed by atoms with Crippen molar-refractivity contribution in [2.24, 2.45) is 0 Å². The van der Waals surface area contributed by atoms with Gasteiger partial charge in [-0.1, -0.05) is 37.0 Å². The predicted octanol–water partition coefficient (Wildman–Crippen LogP) is 4.99. The molecular formula is C16H18Cl2N2O. The van der Waals surface area contributed by atoms with Crippen molar-refractivity contribution in [3.63, 3.8) is 0 Å². The van der Waals surface area contributed by atoms with Crippen molar-refractivity contribution in [1.82, 2.24) is 10.3 Å². The minimum absolute atomic E-state index is 0.386. The van der Waals surface area contributed by atoms with Gasteiger partial charge in [0.2, 0.25) is 5.88 Å². The fourth-order valence-corrected chi connectivity index (χ4v) is 2.20. The van der Waals surface area contributed by atoms with E-state index in [1.165, 1.54) is 0 Å². The Balaban J connectivity index is 2.18. The molecule has 5 heteroatoms. The number of aryl methyl sites for hydroxylation is 1. The number of halogens is 2. The minimum atomic E-state index is 0.386. The third kappa shape index (κ3) is 4.60. The van der Waals surface area contributed by atoms with Crippen molar-refractivity contribution < 1.29 is 4.74 Å². The molecule has 0 saturated carbocycles. The van der Waals surface area contributed by atoms with E-state index in [1.807, 2.05) is 25.1 Å². The summed E-state index contributed by atoms with van der Waals surface area (Å²) in [6.07, 6.45) is 1.61. The molecule has 1 aromatic heterocycles. The summed E-state index contributed by atoms with van der Waals surface area (Å²) in [5.41, 5.74) is 1.92. The number of nitrogens with zero attached hydrogens (tertiary/aromatic N) is 1. The van der Waals surface area contributed by atoms with Gasteiger partial charge in [0.15, 0.2) is 0 Å². The van der Waals surface area contributed by atoms with E-state index >= 15 is 0 Å². The smallest absolute Gasteiger partial charge is 0.219 e. The van der Waals surface area contributed by atoms with Crippen LogP contribution in [-0.2, 0) is 6.54 Å². The van der Waals surface area contributed by atoms with Crippen molar-refractivity contribution in [3.8, 4) is 11.6 Å². The summed E-state index contributed by atoms with van der Waals surface area (Å²) in [7, 11) is 0. The van der Waals surface area contributed by atoms with Crippen LogP contribution in [-0.4, -0.2) is 11.0 Å². The van der Waals surface area contributed by atoms with Gasteiger partial charge in [-0.3, -0.25) is 0 Å². The fraction of sp³-hybridized carbons (Fsp3) is 0.312. The molecule has 0 amide bonds. The van der Waals surface area contributed by atoms with Crippen LogP contribution < -0.4 is 10.1 Å². The lowest BCUT2D eigenvalue weighted by Gasteiger charge is -2.12. The van der Waals surface area contributed by atoms with Gasteiger partial charge in [0.05, 0.1) is 5.02 Å². The van der Waals surface area contributed by atoms with Crippen molar-refractivity contribution >= 4 is 23.2 Å². The number of benzene rings is 1. The second kappa shape index (κ2) is 7.12. The van der Waals surface area contributed by atoms with E-state index in [2.05, 4.69) is 24.1 Å². The van der Waals surface area contributed by atoms with Gasteiger partial charge in [-0.2, -0.15) is 0 Å². The molecule has 2 rings (SSSR count). The minimum Gasteiger partial charge on any atom is -0.439 e. The fourth-order valence-electron chi connectivity index (χ4n) is 1.80. The first-order chi connectivity index (χ1) is 9.95. The Hall–Kier alpha value is -1.29. The molecule has 1 heterocycles. The van der Waals surface area contributed by atoms with Crippen LogP contribution >= 0.6 is 23.2 Å². The van der Waals surface area contributed by atoms with Crippen LogP contribution in [0.5, 0.6) is 11.6 Å². The van der Waals surface area contributed by atoms with Crippen LogP contribution in [0, 0.1) is 6.92 Å². The summed E-state index contributed by atoms with van der Waals surface area (Å²) >= 11 is 12.1. The number of hydrogen-bond donors (Lipinski definition) is 1. The van der Waals surface area contributed by atoms with Gasteiger partial charge >= 0.3 is 0 Å².